The molecule has 0 spiro atoms. The number of nitro benzene ring substituents is 1. The molecule has 0 amide bonds. The zero-order chi connectivity index (χ0) is 14.6. The largest absolute Gasteiger partial charge is 0.477 e. The molecule has 0 saturated heterocycles. The highest BCUT2D eigenvalue weighted by Gasteiger charge is 2.24. The number of nitro groups is 1. The van der Waals surface area contributed by atoms with Crippen molar-refractivity contribution in [2.75, 3.05) is 18.5 Å². The van der Waals surface area contributed by atoms with E-state index in [0.717, 1.165) is 6.07 Å². The molecule has 100 valence electrons. The highest BCUT2D eigenvalue weighted by Crippen LogP contribution is 2.28. The van der Waals surface area contributed by atoms with E-state index in [1.807, 2.05) is 6.07 Å². The van der Waals surface area contributed by atoms with Gasteiger partial charge < -0.3 is 10.0 Å². The van der Waals surface area contributed by atoms with E-state index in [9.17, 15) is 19.3 Å². The van der Waals surface area contributed by atoms with Crippen LogP contribution in [0, 0.1) is 27.3 Å². The van der Waals surface area contributed by atoms with Crippen molar-refractivity contribution in [1.29, 1.82) is 5.26 Å². The summed E-state index contributed by atoms with van der Waals surface area (Å²) in [5.41, 5.74) is -1.49. The topological polar surface area (TPSA) is 107 Å². The fraction of sp³-hybridized carbons (Fsp3) is 0.273. The number of carboxylic acid groups (broad SMARTS) is 1. The Kier molecular flexibility index (Phi) is 4.36. The quantitative estimate of drug-likeness (QED) is 0.643. The first-order chi connectivity index (χ1) is 8.88. The summed E-state index contributed by atoms with van der Waals surface area (Å²) in [6.45, 7) is 0.185. The van der Waals surface area contributed by atoms with Gasteiger partial charge in [0, 0.05) is 13.6 Å². The van der Waals surface area contributed by atoms with Crippen molar-refractivity contribution in [2.24, 2.45) is 0 Å². The number of rotatable bonds is 5. The van der Waals surface area contributed by atoms with Crippen LogP contribution in [0.2, 0.25) is 0 Å². The fourth-order valence-electron chi connectivity index (χ4n) is 1.50. The summed E-state index contributed by atoms with van der Waals surface area (Å²) >= 11 is 0. The molecule has 0 aliphatic rings. The molecule has 0 radical (unpaired) electrons. The van der Waals surface area contributed by atoms with Crippen molar-refractivity contribution < 1.29 is 19.2 Å². The molecule has 7 nitrogen and oxygen atoms in total. The average molecular weight is 267 g/mol. The fourth-order valence-corrected chi connectivity index (χ4v) is 1.50. The van der Waals surface area contributed by atoms with Crippen molar-refractivity contribution >= 4 is 17.3 Å². The number of hydrogen-bond donors (Lipinski definition) is 1. The average Bonchev–Trinajstić information content (AvgIpc) is 2.34. The zero-order valence-electron chi connectivity index (χ0n) is 9.96. The standard InChI is InChI=1S/C11H10FN3O4/c1-14(4-2-3-13)10-5-7(11(16)17)9(15(18)19)6-8(10)12/h5-6H,2,4H2,1H3,(H,16,17). The van der Waals surface area contributed by atoms with Crippen LogP contribution in [0.25, 0.3) is 0 Å². The summed E-state index contributed by atoms with van der Waals surface area (Å²) in [5.74, 6) is -2.42. The summed E-state index contributed by atoms with van der Waals surface area (Å²) in [7, 11) is 1.47. The van der Waals surface area contributed by atoms with Gasteiger partial charge in [0.05, 0.1) is 29.2 Å². The first kappa shape index (κ1) is 14.4. The van der Waals surface area contributed by atoms with Crippen LogP contribution in [0.1, 0.15) is 16.8 Å². The molecule has 1 rings (SSSR count). The number of nitrogens with zero attached hydrogens (tertiary/aromatic N) is 3. The number of hydrogen-bond acceptors (Lipinski definition) is 5. The maximum absolute atomic E-state index is 13.7. The van der Waals surface area contributed by atoms with Crippen molar-refractivity contribution in [3.8, 4) is 6.07 Å². The smallest absolute Gasteiger partial charge is 0.342 e. The van der Waals surface area contributed by atoms with Crippen molar-refractivity contribution in [1.82, 2.24) is 0 Å². The molecule has 1 aromatic carbocycles. The second-order valence-corrected chi connectivity index (χ2v) is 3.71. The second-order valence-electron chi connectivity index (χ2n) is 3.71. The van der Waals surface area contributed by atoms with Crippen LogP contribution in [0.5, 0.6) is 0 Å². The minimum absolute atomic E-state index is 0.0988. The Morgan fingerprint density at radius 2 is 2.26 bits per heavy atom. The van der Waals surface area contributed by atoms with Crippen LogP contribution in [0.15, 0.2) is 12.1 Å². The van der Waals surface area contributed by atoms with Crippen LogP contribution >= 0.6 is 0 Å². The molecule has 0 heterocycles. The van der Waals surface area contributed by atoms with E-state index >= 15 is 0 Å². The van der Waals surface area contributed by atoms with Crippen molar-refractivity contribution in [3.63, 3.8) is 0 Å². The molecule has 0 fully saturated rings. The van der Waals surface area contributed by atoms with Crippen LogP contribution in [-0.4, -0.2) is 29.6 Å². The van der Waals surface area contributed by atoms with Crippen LogP contribution in [0.4, 0.5) is 15.8 Å². The van der Waals surface area contributed by atoms with Gasteiger partial charge in [-0.05, 0) is 6.07 Å². The van der Waals surface area contributed by atoms with E-state index in [2.05, 4.69) is 0 Å². The molecule has 0 atom stereocenters. The molecule has 19 heavy (non-hydrogen) atoms. The van der Waals surface area contributed by atoms with Gasteiger partial charge in [-0.3, -0.25) is 10.1 Å². The Morgan fingerprint density at radius 3 is 2.74 bits per heavy atom. The van der Waals surface area contributed by atoms with Gasteiger partial charge in [-0.25, -0.2) is 9.18 Å². The van der Waals surface area contributed by atoms with Gasteiger partial charge in [0.2, 0.25) is 0 Å². The molecule has 8 heteroatoms. The van der Waals surface area contributed by atoms with E-state index in [0.29, 0.717) is 6.07 Å². The van der Waals surface area contributed by atoms with E-state index < -0.39 is 28.0 Å². The lowest BCUT2D eigenvalue weighted by molar-refractivity contribution is -0.385. The minimum Gasteiger partial charge on any atom is -0.477 e. The summed E-state index contributed by atoms with van der Waals surface area (Å²) in [5, 5.41) is 28.0. The normalized spacial score (nSPS) is 9.74. The van der Waals surface area contributed by atoms with E-state index in [-0.39, 0.29) is 18.7 Å². The summed E-state index contributed by atoms with van der Waals surface area (Å²) < 4.78 is 13.7. The molecule has 0 aliphatic carbocycles. The summed E-state index contributed by atoms with van der Waals surface area (Å²) in [6.07, 6.45) is 0.120. The van der Waals surface area contributed by atoms with Gasteiger partial charge in [-0.2, -0.15) is 5.26 Å². The number of nitriles is 1. The van der Waals surface area contributed by atoms with E-state index in [4.69, 9.17) is 10.4 Å². The SMILES string of the molecule is CN(CCC#N)c1cc(C(=O)O)c([N+](=O)[O-])cc1F. The lowest BCUT2D eigenvalue weighted by Crippen LogP contribution is -2.20. The molecule has 0 aliphatic heterocycles. The molecule has 1 N–H and O–H groups in total. The van der Waals surface area contributed by atoms with Gasteiger partial charge in [0.15, 0.2) is 5.82 Å². The van der Waals surface area contributed by atoms with E-state index in [1.54, 1.807) is 0 Å². The van der Waals surface area contributed by atoms with E-state index in [1.165, 1.54) is 11.9 Å². The Bertz CT molecular complexity index is 568. The third-order valence-corrected chi connectivity index (χ3v) is 2.46. The lowest BCUT2D eigenvalue weighted by Gasteiger charge is -2.18. The predicted octanol–water partition coefficient (Wildman–Crippen LogP) is 1.78. The minimum atomic E-state index is -1.51. The molecule has 0 unspecified atom stereocenters. The second kappa shape index (κ2) is 5.77. The lowest BCUT2D eigenvalue weighted by atomic mass is 10.1. The van der Waals surface area contributed by atoms with Gasteiger partial charge in [0.25, 0.3) is 5.69 Å². The molecule has 1 aromatic rings. The number of benzene rings is 1. The first-order valence-electron chi connectivity index (χ1n) is 5.17. The first-order valence-corrected chi connectivity index (χ1v) is 5.17. The van der Waals surface area contributed by atoms with Crippen LogP contribution < -0.4 is 4.90 Å². The van der Waals surface area contributed by atoms with Gasteiger partial charge in [-0.15, -0.1) is 0 Å². The van der Waals surface area contributed by atoms with Gasteiger partial charge in [0.1, 0.15) is 5.56 Å². The van der Waals surface area contributed by atoms with Gasteiger partial charge >= 0.3 is 5.97 Å². The number of carbonyl (C=O) groups is 1. The Hall–Kier alpha value is -2.69. The summed E-state index contributed by atoms with van der Waals surface area (Å²) in [4.78, 5) is 22.0. The third kappa shape index (κ3) is 3.16. The summed E-state index contributed by atoms with van der Waals surface area (Å²) in [6, 6.07) is 3.33. The van der Waals surface area contributed by atoms with Crippen molar-refractivity contribution in [3.05, 3.63) is 33.6 Å². The Morgan fingerprint density at radius 1 is 1.63 bits per heavy atom. The van der Waals surface area contributed by atoms with Crippen LogP contribution in [-0.2, 0) is 0 Å². The Labute approximate surface area is 107 Å². The number of halogens is 1. The highest BCUT2D eigenvalue weighted by atomic mass is 19.1. The third-order valence-electron chi connectivity index (χ3n) is 2.46. The maximum atomic E-state index is 13.7. The molecular weight excluding hydrogens is 257 g/mol. The molecule has 0 bridgehead atoms. The highest BCUT2D eigenvalue weighted by molar-refractivity contribution is 5.93. The molecule has 0 aromatic heterocycles. The van der Waals surface area contributed by atoms with Crippen molar-refractivity contribution in [2.45, 2.75) is 6.42 Å². The number of carboxylic acids is 1. The number of anilines is 1. The van der Waals surface area contributed by atoms with Gasteiger partial charge in [-0.1, -0.05) is 0 Å². The molecular formula is C11H10FN3O4. The Balaban J connectivity index is 3.29. The maximum Gasteiger partial charge on any atom is 0.342 e. The predicted molar refractivity (Wildman–Crippen MR) is 63.5 cm³/mol. The molecule has 0 saturated carbocycles. The monoisotopic (exact) mass is 267 g/mol. The number of aromatic carboxylic acids is 1. The van der Waals surface area contributed by atoms with Crippen LogP contribution in [0.3, 0.4) is 0 Å². The zero-order valence-corrected chi connectivity index (χ0v) is 9.96.